The minimum Gasteiger partial charge on any atom is -0.301 e. The zero-order valence-electron chi connectivity index (χ0n) is 7.05. The number of hydrogen-bond acceptors (Lipinski definition) is 4. The van der Waals surface area contributed by atoms with E-state index in [1.807, 2.05) is 0 Å². The number of carbonyl (C=O) groups is 1. The van der Waals surface area contributed by atoms with Gasteiger partial charge in [0.05, 0.1) is 0 Å². The number of hydrogen-bond donors (Lipinski definition) is 1. The summed E-state index contributed by atoms with van der Waals surface area (Å²) in [6.45, 7) is 1.58. The molecule has 0 bridgehead atoms. The smallest absolute Gasteiger partial charge is 0.301 e. The Morgan fingerprint density at radius 3 is 2.57 bits per heavy atom. The van der Waals surface area contributed by atoms with Crippen LogP contribution < -0.4 is 5.32 Å². The van der Waals surface area contributed by atoms with Crippen molar-refractivity contribution in [2.45, 2.75) is 19.5 Å². The van der Waals surface area contributed by atoms with Crippen LogP contribution in [0.15, 0.2) is 0 Å². The van der Waals surface area contributed by atoms with Crippen LogP contribution in [0.1, 0.15) is 18.4 Å². The molecular weight excluding hydrogens is 219 g/mol. The van der Waals surface area contributed by atoms with Gasteiger partial charge in [0.2, 0.25) is 16.0 Å². The number of rotatable bonds is 2. The van der Waals surface area contributed by atoms with Crippen LogP contribution in [0, 0.1) is 0 Å². The fourth-order valence-corrected chi connectivity index (χ4v) is 1.22. The molecule has 0 aromatic carbocycles. The Bertz CT molecular complexity index is 335. The molecular formula is C6H6F3N3OS. The number of aromatic nitrogens is 2. The topological polar surface area (TPSA) is 54.9 Å². The molecule has 4 nitrogen and oxygen atoms in total. The van der Waals surface area contributed by atoms with E-state index in [1.54, 1.807) is 6.92 Å². The lowest BCUT2D eigenvalue weighted by atomic mass is 10.5. The molecule has 8 heteroatoms. The third kappa shape index (κ3) is 2.66. The first-order valence-corrected chi connectivity index (χ1v) is 4.45. The molecule has 78 valence electrons. The Hall–Kier alpha value is -1.18. The van der Waals surface area contributed by atoms with Crippen molar-refractivity contribution < 1.29 is 18.0 Å². The van der Waals surface area contributed by atoms with Gasteiger partial charge in [-0.3, -0.25) is 4.79 Å². The number of halogens is 3. The average molecular weight is 225 g/mol. The Labute approximate surface area is 81.1 Å². The van der Waals surface area contributed by atoms with Crippen LogP contribution in [0.3, 0.4) is 0 Å². The van der Waals surface area contributed by atoms with E-state index in [9.17, 15) is 18.0 Å². The monoisotopic (exact) mass is 225 g/mol. The summed E-state index contributed by atoms with van der Waals surface area (Å²) in [6.07, 6.45) is -4.33. The Morgan fingerprint density at radius 2 is 2.14 bits per heavy atom. The van der Waals surface area contributed by atoms with Crippen LogP contribution >= 0.6 is 11.3 Å². The number of nitrogens with one attached hydrogen (secondary N) is 1. The fraction of sp³-hybridized carbons (Fsp3) is 0.500. The second-order valence-electron chi connectivity index (χ2n) is 2.31. The van der Waals surface area contributed by atoms with Crippen molar-refractivity contribution in [1.29, 1.82) is 0 Å². The summed E-state index contributed by atoms with van der Waals surface area (Å²) in [7, 11) is 0. The molecule has 0 aliphatic carbocycles. The van der Waals surface area contributed by atoms with E-state index in [0.29, 0.717) is 11.3 Å². The molecule has 1 aromatic rings. The Kier molecular flexibility index (Phi) is 3.04. The van der Waals surface area contributed by atoms with E-state index in [1.165, 1.54) is 0 Å². The third-order valence-corrected chi connectivity index (χ3v) is 2.12. The summed E-state index contributed by atoms with van der Waals surface area (Å²) < 4.78 is 36.0. The SMILES string of the molecule is CCC(=O)Nc1nnc(C(F)(F)F)s1. The molecule has 1 N–H and O–H groups in total. The summed E-state index contributed by atoms with van der Waals surface area (Å²) in [5, 5.41) is 7.08. The molecule has 0 spiro atoms. The van der Waals surface area contributed by atoms with E-state index in [2.05, 4.69) is 15.5 Å². The van der Waals surface area contributed by atoms with Crippen LogP contribution in [0.2, 0.25) is 0 Å². The van der Waals surface area contributed by atoms with Gasteiger partial charge in [0.15, 0.2) is 0 Å². The lowest BCUT2D eigenvalue weighted by molar-refractivity contribution is -0.138. The molecule has 1 amide bonds. The van der Waals surface area contributed by atoms with E-state index in [0.717, 1.165) is 0 Å². The maximum Gasteiger partial charge on any atom is 0.445 e. The van der Waals surface area contributed by atoms with Gasteiger partial charge in [-0.1, -0.05) is 18.3 Å². The molecule has 0 unspecified atom stereocenters. The van der Waals surface area contributed by atoms with E-state index in [-0.39, 0.29) is 11.6 Å². The average Bonchev–Trinajstić information content (AvgIpc) is 2.51. The number of carbonyl (C=O) groups excluding carboxylic acids is 1. The summed E-state index contributed by atoms with van der Waals surface area (Å²) in [5.74, 6) is -0.394. The van der Waals surface area contributed by atoms with E-state index in [4.69, 9.17) is 0 Å². The van der Waals surface area contributed by atoms with Gasteiger partial charge in [-0.25, -0.2) is 0 Å². The van der Waals surface area contributed by atoms with Crippen molar-refractivity contribution in [2.24, 2.45) is 0 Å². The van der Waals surface area contributed by atoms with Crippen molar-refractivity contribution in [3.05, 3.63) is 5.01 Å². The van der Waals surface area contributed by atoms with Crippen molar-refractivity contribution in [3.8, 4) is 0 Å². The van der Waals surface area contributed by atoms with Gasteiger partial charge in [0.25, 0.3) is 0 Å². The minimum absolute atomic E-state index is 0.135. The minimum atomic E-state index is -4.51. The third-order valence-electron chi connectivity index (χ3n) is 1.23. The fourth-order valence-electron chi connectivity index (χ4n) is 0.596. The predicted octanol–water partition coefficient (Wildman–Crippen LogP) is 1.91. The first-order valence-electron chi connectivity index (χ1n) is 3.64. The van der Waals surface area contributed by atoms with Crippen LogP contribution in [-0.2, 0) is 11.0 Å². The largest absolute Gasteiger partial charge is 0.445 e. The lowest BCUT2D eigenvalue weighted by Crippen LogP contribution is -2.08. The van der Waals surface area contributed by atoms with Crippen LogP contribution in [0.4, 0.5) is 18.3 Å². The zero-order chi connectivity index (χ0) is 10.8. The number of alkyl halides is 3. The molecule has 0 saturated carbocycles. The van der Waals surface area contributed by atoms with Crippen molar-refractivity contribution in [1.82, 2.24) is 10.2 Å². The summed E-state index contributed by atoms with van der Waals surface area (Å²) in [5.41, 5.74) is 0. The maximum absolute atomic E-state index is 12.0. The van der Waals surface area contributed by atoms with Crippen molar-refractivity contribution in [3.63, 3.8) is 0 Å². The first-order chi connectivity index (χ1) is 6.43. The van der Waals surface area contributed by atoms with Gasteiger partial charge in [-0.2, -0.15) is 13.2 Å². The van der Waals surface area contributed by atoms with Crippen molar-refractivity contribution in [2.75, 3.05) is 5.32 Å². The maximum atomic E-state index is 12.0. The molecule has 1 aromatic heterocycles. The number of amides is 1. The summed E-state index contributed by atoms with van der Waals surface area (Å²) in [4.78, 5) is 10.8. The second-order valence-corrected chi connectivity index (χ2v) is 3.29. The number of anilines is 1. The van der Waals surface area contributed by atoms with Crippen LogP contribution in [0.25, 0.3) is 0 Å². The highest BCUT2D eigenvalue weighted by Gasteiger charge is 2.35. The van der Waals surface area contributed by atoms with Gasteiger partial charge >= 0.3 is 6.18 Å². The van der Waals surface area contributed by atoms with Gasteiger partial charge in [-0.15, -0.1) is 10.2 Å². The molecule has 1 heterocycles. The van der Waals surface area contributed by atoms with Gasteiger partial charge in [-0.05, 0) is 0 Å². The van der Waals surface area contributed by atoms with Crippen LogP contribution in [-0.4, -0.2) is 16.1 Å². The molecule has 0 atom stereocenters. The molecule has 0 saturated heterocycles. The molecule has 0 aliphatic heterocycles. The second kappa shape index (κ2) is 3.91. The number of nitrogens with zero attached hydrogens (tertiary/aromatic N) is 2. The molecule has 0 aliphatic rings. The summed E-state index contributed by atoms with van der Waals surface area (Å²) >= 11 is 0.304. The van der Waals surface area contributed by atoms with E-state index < -0.39 is 17.1 Å². The molecule has 14 heavy (non-hydrogen) atoms. The van der Waals surface area contributed by atoms with Gasteiger partial charge < -0.3 is 5.32 Å². The van der Waals surface area contributed by atoms with Gasteiger partial charge in [0, 0.05) is 6.42 Å². The van der Waals surface area contributed by atoms with E-state index >= 15 is 0 Å². The Morgan fingerprint density at radius 1 is 1.50 bits per heavy atom. The lowest BCUT2D eigenvalue weighted by Gasteiger charge is -1.98. The van der Waals surface area contributed by atoms with Crippen LogP contribution in [0.5, 0.6) is 0 Å². The van der Waals surface area contributed by atoms with Crippen molar-refractivity contribution >= 4 is 22.4 Å². The standard InChI is InChI=1S/C6H6F3N3OS/c1-2-3(13)10-5-12-11-4(14-5)6(7,8)9/h2H2,1H3,(H,10,12,13). The quantitative estimate of drug-likeness (QED) is 0.836. The first kappa shape index (κ1) is 10.9. The predicted molar refractivity (Wildman–Crippen MR) is 43.8 cm³/mol. The summed E-state index contributed by atoms with van der Waals surface area (Å²) in [6, 6.07) is 0. The highest BCUT2D eigenvalue weighted by atomic mass is 32.1. The highest BCUT2D eigenvalue weighted by Crippen LogP contribution is 2.32. The highest BCUT2D eigenvalue weighted by molar-refractivity contribution is 7.15. The van der Waals surface area contributed by atoms with Gasteiger partial charge in [0.1, 0.15) is 0 Å². The molecule has 1 rings (SSSR count). The molecule has 0 radical (unpaired) electrons. The normalized spacial score (nSPS) is 11.4. The Balaban J connectivity index is 2.74. The zero-order valence-corrected chi connectivity index (χ0v) is 7.87. The molecule has 0 fully saturated rings.